The minimum absolute atomic E-state index is 0.508. The van der Waals surface area contributed by atoms with Gasteiger partial charge >= 0.3 is 0 Å². The highest BCUT2D eigenvalue weighted by molar-refractivity contribution is 5.79. The van der Waals surface area contributed by atoms with Crippen molar-refractivity contribution in [2.45, 2.75) is 78.2 Å². The van der Waals surface area contributed by atoms with Gasteiger partial charge in [-0.25, -0.2) is 0 Å². The Bertz CT molecular complexity index is 285. The molecule has 4 heteroatoms. The fraction of sp³-hybridized carbons (Fsp3) is 0.944. The summed E-state index contributed by atoms with van der Waals surface area (Å²) in [6, 6.07) is 0.508. The van der Waals surface area contributed by atoms with Crippen LogP contribution in [0.1, 0.15) is 72.1 Å². The second-order valence-corrected chi connectivity index (χ2v) is 6.56. The van der Waals surface area contributed by atoms with Crippen LogP contribution in [0.4, 0.5) is 0 Å². The molecule has 0 aromatic rings. The van der Waals surface area contributed by atoms with Gasteiger partial charge in [0.25, 0.3) is 0 Å². The van der Waals surface area contributed by atoms with Gasteiger partial charge in [-0.3, -0.25) is 4.99 Å². The number of rotatable bonds is 11. The number of unbranched alkanes of at least 4 members (excludes halogenated alkanes) is 3. The van der Waals surface area contributed by atoms with E-state index in [2.05, 4.69) is 36.3 Å². The number of aliphatic imine (C=N–C) groups is 1. The molecule has 1 heterocycles. The van der Waals surface area contributed by atoms with Crippen LogP contribution in [0.5, 0.6) is 0 Å². The van der Waals surface area contributed by atoms with E-state index < -0.39 is 0 Å². The van der Waals surface area contributed by atoms with Gasteiger partial charge in [0.1, 0.15) is 0 Å². The molecule has 22 heavy (non-hydrogen) atoms. The predicted octanol–water partition coefficient (Wildman–Crippen LogP) is 3.39. The fourth-order valence-electron chi connectivity index (χ4n) is 2.97. The van der Waals surface area contributed by atoms with E-state index in [1.54, 1.807) is 0 Å². The van der Waals surface area contributed by atoms with Gasteiger partial charge < -0.3 is 15.5 Å². The molecule has 0 amide bonds. The van der Waals surface area contributed by atoms with Crippen molar-refractivity contribution >= 4 is 5.96 Å². The average Bonchev–Trinajstić information content (AvgIpc) is 3.00. The lowest BCUT2D eigenvalue weighted by Crippen LogP contribution is -2.42. The van der Waals surface area contributed by atoms with E-state index in [-0.39, 0.29) is 0 Å². The molecule has 0 aromatic carbocycles. The molecule has 0 aliphatic carbocycles. The summed E-state index contributed by atoms with van der Waals surface area (Å²) in [5.74, 6) is 0.993. The molecule has 0 radical (unpaired) electrons. The highest BCUT2D eigenvalue weighted by Crippen LogP contribution is 2.08. The molecule has 2 N–H and O–H groups in total. The Morgan fingerprint density at radius 1 is 1.09 bits per heavy atom. The molecule has 130 valence electrons. The van der Waals surface area contributed by atoms with Crippen molar-refractivity contribution in [2.24, 2.45) is 4.99 Å². The number of hydrogen-bond donors (Lipinski definition) is 2. The van der Waals surface area contributed by atoms with E-state index in [9.17, 15) is 0 Å². The Labute approximate surface area is 138 Å². The summed E-state index contributed by atoms with van der Waals surface area (Å²) in [6.07, 6.45) is 10.4. The quantitative estimate of drug-likeness (QED) is 0.349. The standard InChI is InChI=1S/C18H38N4/c1-4-6-7-12-17(3)21-18(19-5-2)20-13-8-9-14-22-15-10-11-16-22/h17H,4-16H2,1-3H3,(H2,19,20,21). The SMILES string of the molecule is CCCCCC(C)NC(=NCCCCN1CCCC1)NCC. The van der Waals surface area contributed by atoms with Crippen molar-refractivity contribution in [2.75, 3.05) is 32.7 Å². The topological polar surface area (TPSA) is 39.7 Å². The van der Waals surface area contributed by atoms with Crippen molar-refractivity contribution in [1.29, 1.82) is 0 Å². The molecule has 0 saturated carbocycles. The maximum Gasteiger partial charge on any atom is 0.191 e. The van der Waals surface area contributed by atoms with Gasteiger partial charge in [0.05, 0.1) is 0 Å². The van der Waals surface area contributed by atoms with Crippen LogP contribution in [0.2, 0.25) is 0 Å². The Morgan fingerprint density at radius 3 is 2.55 bits per heavy atom. The zero-order valence-electron chi connectivity index (χ0n) is 15.2. The molecular weight excluding hydrogens is 272 g/mol. The Balaban J connectivity index is 2.16. The van der Waals surface area contributed by atoms with Crippen LogP contribution >= 0.6 is 0 Å². The third-order valence-corrected chi connectivity index (χ3v) is 4.32. The summed E-state index contributed by atoms with van der Waals surface area (Å²) in [4.78, 5) is 7.31. The van der Waals surface area contributed by atoms with E-state index in [4.69, 9.17) is 4.99 Å². The predicted molar refractivity (Wildman–Crippen MR) is 97.6 cm³/mol. The lowest BCUT2D eigenvalue weighted by Gasteiger charge is -2.18. The van der Waals surface area contributed by atoms with Gasteiger partial charge in [-0.05, 0) is 65.6 Å². The zero-order valence-corrected chi connectivity index (χ0v) is 15.2. The molecule has 0 aromatic heterocycles. The first kappa shape index (κ1) is 19.3. The second-order valence-electron chi connectivity index (χ2n) is 6.56. The van der Waals surface area contributed by atoms with Crippen LogP contribution in [-0.4, -0.2) is 49.6 Å². The average molecular weight is 311 g/mol. The Hall–Kier alpha value is -0.770. The second kappa shape index (κ2) is 12.7. The molecule has 1 aliphatic rings. The molecule has 1 unspecified atom stereocenters. The summed E-state index contributed by atoms with van der Waals surface area (Å²) in [6.45, 7) is 12.4. The molecular formula is C18H38N4. The highest BCUT2D eigenvalue weighted by Gasteiger charge is 2.10. The first-order valence-electron chi connectivity index (χ1n) is 9.53. The van der Waals surface area contributed by atoms with Crippen molar-refractivity contribution in [3.8, 4) is 0 Å². The van der Waals surface area contributed by atoms with Crippen molar-refractivity contribution < 1.29 is 0 Å². The molecule has 1 rings (SSSR count). The van der Waals surface area contributed by atoms with Crippen LogP contribution in [0.3, 0.4) is 0 Å². The van der Waals surface area contributed by atoms with Gasteiger partial charge in [0.2, 0.25) is 0 Å². The molecule has 1 saturated heterocycles. The van der Waals surface area contributed by atoms with Gasteiger partial charge in [0.15, 0.2) is 5.96 Å². The number of nitrogens with one attached hydrogen (secondary N) is 2. The third-order valence-electron chi connectivity index (χ3n) is 4.32. The van der Waals surface area contributed by atoms with Gasteiger partial charge in [0, 0.05) is 19.1 Å². The third kappa shape index (κ3) is 9.29. The summed E-state index contributed by atoms with van der Waals surface area (Å²) in [5, 5.41) is 6.90. The minimum atomic E-state index is 0.508. The lowest BCUT2D eigenvalue weighted by molar-refractivity contribution is 0.331. The molecule has 1 fully saturated rings. The van der Waals surface area contributed by atoms with Gasteiger partial charge in [-0.15, -0.1) is 0 Å². The number of likely N-dealkylation sites (tertiary alicyclic amines) is 1. The largest absolute Gasteiger partial charge is 0.357 e. The van der Waals surface area contributed by atoms with E-state index in [0.717, 1.165) is 19.0 Å². The Kier molecular flexibility index (Phi) is 11.2. The van der Waals surface area contributed by atoms with E-state index in [1.165, 1.54) is 71.0 Å². The van der Waals surface area contributed by atoms with Crippen molar-refractivity contribution in [3.63, 3.8) is 0 Å². The molecule has 4 nitrogen and oxygen atoms in total. The zero-order chi connectivity index (χ0) is 16.0. The number of guanidine groups is 1. The van der Waals surface area contributed by atoms with Crippen LogP contribution in [-0.2, 0) is 0 Å². The number of nitrogens with zero attached hydrogens (tertiary/aromatic N) is 2. The van der Waals surface area contributed by atoms with Crippen molar-refractivity contribution in [3.05, 3.63) is 0 Å². The highest BCUT2D eigenvalue weighted by atomic mass is 15.2. The van der Waals surface area contributed by atoms with Crippen LogP contribution in [0.25, 0.3) is 0 Å². The normalized spacial score (nSPS) is 17.7. The first-order valence-corrected chi connectivity index (χ1v) is 9.53. The van der Waals surface area contributed by atoms with E-state index >= 15 is 0 Å². The first-order chi connectivity index (χ1) is 10.8. The molecule has 1 aliphatic heterocycles. The van der Waals surface area contributed by atoms with Gasteiger partial charge in [-0.2, -0.15) is 0 Å². The molecule has 0 bridgehead atoms. The van der Waals surface area contributed by atoms with Crippen LogP contribution in [0, 0.1) is 0 Å². The molecule has 0 spiro atoms. The van der Waals surface area contributed by atoms with E-state index in [0.29, 0.717) is 6.04 Å². The smallest absolute Gasteiger partial charge is 0.191 e. The monoisotopic (exact) mass is 310 g/mol. The summed E-state index contributed by atoms with van der Waals surface area (Å²) in [7, 11) is 0. The van der Waals surface area contributed by atoms with Gasteiger partial charge in [-0.1, -0.05) is 26.2 Å². The fourth-order valence-corrected chi connectivity index (χ4v) is 2.97. The van der Waals surface area contributed by atoms with E-state index in [1.807, 2.05) is 0 Å². The molecule has 1 atom stereocenters. The summed E-state index contributed by atoms with van der Waals surface area (Å²) >= 11 is 0. The van der Waals surface area contributed by atoms with Crippen molar-refractivity contribution in [1.82, 2.24) is 15.5 Å². The number of hydrogen-bond acceptors (Lipinski definition) is 2. The van der Waals surface area contributed by atoms with Crippen LogP contribution in [0.15, 0.2) is 4.99 Å². The summed E-state index contributed by atoms with van der Waals surface area (Å²) < 4.78 is 0. The lowest BCUT2D eigenvalue weighted by atomic mass is 10.1. The summed E-state index contributed by atoms with van der Waals surface area (Å²) in [5.41, 5.74) is 0. The maximum atomic E-state index is 4.72. The minimum Gasteiger partial charge on any atom is -0.357 e. The van der Waals surface area contributed by atoms with Crippen LogP contribution < -0.4 is 10.6 Å². The Morgan fingerprint density at radius 2 is 1.86 bits per heavy atom. The maximum absolute atomic E-state index is 4.72.